The summed E-state index contributed by atoms with van der Waals surface area (Å²) in [5, 5.41) is 0.740. The van der Waals surface area contributed by atoms with Crippen molar-refractivity contribution in [2.24, 2.45) is 5.92 Å². The summed E-state index contributed by atoms with van der Waals surface area (Å²) in [6.07, 6.45) is 0.996. The van der Waals surface area contributed by atoms with Gasteiger partial charge in [-0.15, -0.1) is 0 Å². The first-order valence-corrected chi connectivity index (χ1v) is 6.25. The molecule has 1 aromatic carbocycles. The standard InChI is InChI=1S/C13H15BClNO/c1-9-6-7-16(13(14)17)8-12(9)10-2-4-11(15)5-3-10/h2-5,9,12H,6-8H2,1H3. The molecule has 0 bridgehead atoms. The highest BCUT2D eigenvalue weighted by molar-refractivity contribution is 6.56. The van der Waals surface area contributed by atoms with Crippen LogP contribution in [0.4, 0.5) is 4.79 Å². The Morgan fingerprint density at radius 1 is 1.41 bits per heavy atom. The van der Waals surface area contributed by atoms with Crippen molar-refractivity contribution in [2.45, 2.75) is 19.3 Å². The van der Waals surface area contributed by atoms with E-state index in [1.807, 2.05) is 24.3 Å². The van der Waals surface area contributed by atoms with Crippen LogP contribution in [0.3, 0.4) is 0 Å². The van der Waals surface area contributed by atoms with Crippen molar-refractivity contribution in [1.29, 1.82) is 0 Å². The van der Waals surface area contributed by atoms with Crippen molar-refractivity contribution >= 4 is 25.3 Å². The van der Waals surface area contributed by atoms with Crippen molar-refractivity contribution in [1.82, 2.24) is 4.90 Å². The van der Waals surface area contributed by atoms with Crippen molar-refractivity contribution in [3.63, 3.8) is 0 Å². The maximum Gasteiger partial charge on any atom is 0.200 e. The van der Waals surface area contributed by atoms with Gasteiger partial charge in [0.05, 0.1) is 0 Å². The van der Waals surface area contributed by atoms with Gasteiger partial charge in [-0.05, 0) is 30.0 Å². The number of likely N-dealkylation sites (tertiary alicyclic amines) is 1. The maximum atomic E-state index is 11.2. The second kappa shape index (κ2) is 5.13. The molecule has 1 amide bonds. The molecule has 88 valence electrons. The molecule has 1 saturated heterocycles. The van der Waals surface area contributed by atoms with E-state index in [0.717, 1.165) is 18.0 Å². The first-order valence-electron chi connectivity index (χ1n) is 5.88. The summed E-state index contributed by atoms with van der Waals surface area (Å²) in [5.41, 5.74) is 1.23. The van der Waals surface area contributed by atoms with Crippen LogP contribution >= 0.6 is 11.6 Å². The van der Waals surface area contributed by atoms with E-state index in [1.165, 1.54) is 5.56 Å². The molecule has 1 fully saturated rings. The van der Waals surface area contributed by atoms with E-state index in [1.54, 1.807) is 4.90 Å². The zero-order valence-electron chi connectivity index (χ0n) is 9.90. The molecule has 2 unspecified atom stereocenters. The predicted octanol–water partition coefficient (Wildman–Crippen LogP) is 3.05. The summed E-state index contributed by atoms with van der Waals surface area (Å²) in [6, 6.07) is 7.86. The quantitative estimate of drug-likeness (QED) is 0.699. The number of rotatable bonds is 1. The summed E-state index contributed by atoms with van der Waals surface area (Å²) in [6.45, 7) is 3.69. The Hall–Kier alpha value is -0.955. The first kappa shape index (κ1) is 12.5. The minimum absolute atomic E-state index is 0.323. The van der Waals surface area contributed by atoms with E-state index in [-0.39, 0.29) is 5.81 Å². The van der Waals surface area contributed by atoms with Crippen LogP contribution in [0.15, 0.2) is 24.3 Å². The molecular weight excluding hydrogens is 232 g/mol. The van der Waals surface area contributed by atoms with Gasteiger partial charge in [-0.25, -0.2) is 0 Å². The summed E-state index contributed by atoms with van der Waals surface area (Å²) in [5.74, 6) is 0.594. The lowest BCUT2D eigenvalue weighted by molar-refractivity contribution is 0.181. The Labute approximate surface area is 108 Å². The fraction of sp³-hybridized carbons (Fsp3) is 0.462. The monoisotopic (exact) mass is 247 g/mol. The largest absolute Gasteiger partial charge is 0.352 e. The van der Waals surface area contributed by atoms with E-state index in [4.69, 9.17) is 19.4 Å². The van der Waals surface area contributed by atoms with Gasteiger partial charge < -0.3 is 4.90 Å². The zero-order chi connectivity index (χ0) is 12.4. The second-order valence-electron chi connectivity index (χ2n) is 4.71. The third kappa shape index (κ3) is 2.84. The van der Waals surface area contributed by atoms with E-state index >= 15 is 0 Å². The van der Waals surface area contributed by atoms with Gasteiger partial charge in [0, 0.05) is 24.0 Å². The highest BCUT2D eigenvalue weighted by atomic mass is 35.5. The maximum absolute atomic E-state index is 11.2. The first-order chi connectivity index (χ1) is 8.08. The lowest BCUT2D eigenvalue weighted by atomic mass is 9.81. The lowest BCUT2D eigenvalue weighted by Gasteiger charge is -2.37. The van der Waals surface area contributed by atoms with Crippen molar-refractivity contribution in [3.05, 3.63) is 34.9 Å². The highest BCUT2D eigenvalue weighted by Crippen LogP contribution is 2.32. The van der Waals surface area contributed by atoms with Crippen LogP contribution in [-0.2, 0) is 0 Å². The summed E-state index contributed by atoms with van der Waals surface area (Å²) >= 11 is 5.88. The fourth-order valence-electron chi connectivity index (χ4n) is 2.41. The summed E-state index contributed by atoms with van der Waals surface area (Å²) < 4.78 is 0. The Kier molecular flexibility index (Phi) is 3.77. The number of carbonyl (C=O) groups excluding carboxylic acids is 1. The van der Waals surface area contributed by atoms with Gasteiger partial charge in [0.25, 0.3) is 0 Å². The van der Waals surface area contributed by atoms with Gasteiger partial charge in [0.15, 0.2) is 5.81 Å². The van der Waals surface area contributed by atoms with Gasteiger partial charge in [-0.1, -0.05) is 30.7 Å². The molecule has 2 nitrogen and oxygen atoms in total. The molecule has 0 spiro atoms. The molecule has 1 heterocycles. The number of nitrogens with zero attached hydrogens (tertiary/aromatic N) is 1. The molecule has 1 aromatic rings. The number of hydrogen-bond donors (Lipinski definition) is 0. The van der Waals surface area contributed by atoms with Gasteiger partial charge in [0.1, 0.15) is 0 Å². The molecule has 0 aliphatic carbocycles. The number of halogens is 1. The Morgan fingerprint density at radius 3 is 2.65 bits per heavy atom. The van der Waals surface area contributed by atoms with Crippen LogP contribution in [0.1, 0.15) is 24.8 Å². The van der Waals surface area contributed by atoms with Crippen LogP contribution in [0.25, 0.3) is 0 Å². The van der Waals surface area contributed by atoms with E-state index in [0.29, 0.717) is 18.4 Å². The van der Waals surface area contributed by atoms with E-state index in [9.17, 15) is 4.79 Å². The number of benzene rings is 1. The minimum Gasteiger partial charge on any atom is -0.352 e. The Morgan fingerprint density at radius 2 is 2.06 bits per heavy atom. The average molecular weight is 248 g/mol. The van der Waals surface area contributed by atoms with Crippen molar-refractivity contribution in [3.8, 4) is 0 Å². The number of carbonyl (C=O) groups is 1. The predicted molar refractivity (Wildman–Crippen MR) is 70.7 cm³/mol. The highest BCUT2D eigenvalue weighted by Gasteiger charge is 2.28. The Balaban J connectivity index is 2.17. The zero-order valence-corrected chi connectivity index (χ0v) is 10.7. The SMILES string of the molecule is [B]C(=O)N1CCC(C)C(c2ccc(Cl)cc2)C1. The molecular formula is C13H15BClNO. The van der Waals surface area contributed by atoms with E-state index in [2.05, 4.69) is 6.92 Å². The summed E-state index contributed by atoms with van der Waals surface area (Å²) in [7, 11) is 5.34. The third-order valence-corrected chi connectivity index (χ3v) is 3.82. The molecule has 2 radical (unpaired) electrons. The van der Waals surface area contributed by atoms with Crippen LogP contribution in [0.5, 0.6) is 0 Å². The molecule has 0 aromatic heterocycles. The molecule has 17 heavy (non-hydrogen) atoms. The second-order valence-corrected chi connectivity index (χ2v) is 5.14. The molecule has 2 rings (SSSR count). The summed E-state index contributed by atoms with van der Waals surface area (Å²) in [4.78, 5) is 12.9. The minimum atomic E-state index is -0.323. The van der Waals surface area contributed by atoms with E-state index < -0.39 is 0 Å². The van der Waals surface area contributed by atoms with Crippen LogP contribution in [0.2, 0.25) is 5.02 Å². The topological polar surface area (TPSA) is 20.3 Å². The smallest absolute Gasteiger partial charge is 0.200 e. The number of piperidine rings is 1. The van der Waals surface area contributed by atoms with Gasteiger partial charge in [-0.2, -0.15) is 0 Å². The van der Waals surface area contributed by atoms with Crippen molar-refractivity contribution in [2.75, 3.05) is 13.1 Å². The van der Waals surface area contributed by atoms with Crippen molar-refractivity contribution < 1.29 is 4.79 Å². The van der Waals surface area contributed by atoms with Crippen LogP contribution in [0, 0.1) is 5.92 Å². The number of hydrogen-bond acceptors (Lipinski definition) is 1. The van der Waals surface area contributed by atoms with Crippen LogP contribution in [-0.4, -0.2) is 31.6 Å². The molecule has 0 saturated carbocycles. The normalized spacial score (nSPS) is 24.7. The fourth-order valence-corrected chi connectivity index (χ4v) is 2.54. The molecule has 4 heteroatoms. The third-order valence-electron chi connectivity index (χ3n) is 3.57. The lowest BCUT2D eigenvalue weighted by Crippen LogP contribution is -2.41. The number of amides is 1. The van der Waals surface area contributed by atoms with Gasteiger partial charge in [-0.3, -0.25) is 4.79 Å². The van der Waals surface area contributed by atoms with Gasteiger partial charge >= 0.3 is 0 Å². The average Bonchev–Trinajstić information content (AvgIpc) is 2.31. The Bertz CT molecular complexity index is 406. The molecule has 0 N–H and O–H groups in total. The van der Waals surface area contributed by atoms with Gasteiger partial charge in [0.2, 0.25) is 7.85 Å². The molecule has 1 aliphatic rings. The van der Waals surface area contributed by atoms with Crippen LogP contribution < -0.4 is 0 Å². The molecule has 2 atom stereocenters. The molecule has 1 aliphatic heterocycles.